The number of piperazine rings is 1. The number of sulfone groups is 1. The van der Waals surface area contributed by atoms with Crippen molar-refractivity contribution >= 4 is 15.7 Å². The van der Waals surface area contributed by atoms with Gasteiger partial charge >= 0.3 is 5.76 Å². The second-order valence-corrected chi connectivity index (χ2v) is 8.96. The van der Waals surface area contributed by atoms with Crippen LogP contribution in [0.25, 0.3) is 0 Å². The summed E-state index contributed by atoms with van der Waals surface area (Å²) < 4.78 is 48.1. The molecule has 0 bridgehead atoms. The minimum atomic E-state index is -4.65. The van der Waals surface area contributed by atoms with Gasteiger partial charge < -0.3 is 9.80 Å². The van der Waals surface area contributed by atoms with E-state index in [9.17, 15) is 22.0 Å². The third kappa shape index (κ3) is 4.56. The van der Waals surface area contributed by atoms with Gasteiger partial charge in [-0.05, 0) is 31.2 Å². The van der Waals surface area contributed by atoms with E-state index in [1.807, 2.05) is 6.07 Å². The average Bonchev–Trinajstić information content (AvgIpc) is 2.68. The number of aryl methyl sites for hydroxylation is 1. The van der Waals surface area contributed by atoms with Gasteiger partial charge in [-0.1, -0.05) is 29.8 Å². The first kappa shape index (κ1) is 20.4. The molecule has 1 aliphatic rings. The molecule has 1 aliphatic heterocycles. The van der Waals surface area contributed by atoms with Crippen molar-refractivity contribution in [2.24, 2.45) is 0 Å². The van der Waals surface area contributed by atoms with Crippen molar-refractivity contribution in [2.75, 3.05) is 26.2 Å². The molecule has 0 radical (unpaired) electrons. The summed E-state index contributed by atoms with van der Waals surface area (Å²) in [4.78, 5) is 15.3. The Hall–Kier alpha value is -2.32. The highest BCUT2D eigenvalue weighted by Gasteiger charge is 2.28. The molecule has 1 heterocycles. The van der Waals surface area contributed by atoms with E-state index in [-0.39, 0.29) is 5.91 Å². The molecular weight excluding hydrogens is 386 g/mol. The molecule has 2 aromatic rings. The first-order valence-electron chi connectivity index (χ1n) is 9.08. The third-order valence-corrected chi connectivity index (χ3v) is 6.36. The Labute approximate surface area is 163 Å². The highest BCUT2D eigenvalue weighted by atomic mass is 32.2. The zero-order valence-corrected chi connectivity index (χ0v) is 16.4. The molecule has 1 N–H and O–H groups in total. The molecule has 150 valence electrons. The van der Waals surface area contributed by atoms with Crippen LogP contribution in [0.5, 0.6) is 0 Å². The molecule has 1 amide bonds. The lowest BCUT2D eigenvalue weighted by molar-refractivity contribution is -0.917. The molecule has 3 rings (SSSR count). The largest absolute Gasteiger partial charge is 0.341 e. The smallest absolute Gasteiger partial charge is 0.328 e. The predicted molar refractivity (Wildman–Crippen MR) is 101 cm³/mol. The summed E-state index contributed by atoms with van der Waals surface area (Å²) in [6, 6.07) is 13.1. The molecule has 5 nitrogen and oxygen atoms in total. The van der Waals surface area contributed by atoms with Gasteiger partial charge in [0.2, 0.25) is 9.84 Å². The molecule has 0 saturated carbocycles. The molecule has 0 aromatic heterocycles. The Balaban J connectivity index is 1.59. The standard InChI is InChI=1S/C20H22F2N2O3S/c1-15-3-2-4-16(13-15)14-23-9-11-24(12-10-23)19(25)17-5-7-18(8-6-17)28(26,27)20(21)22/h2-8,13,20H,9-12,14H2,1H3/p+1. The lowest BCUT2D eigenvalue weighted by Gasteiger charge is -2.32. The lowest BCUT2D eigenvalue weighted by atomic mass is 10.1. The minimum Gasteiger partial charge on any atom is -0.328 e. The second kappa shape index (κ2) is 8.36. The van der Waals surface area contributed by atoms with Crippen LogP contribution < -0.4 is 4.90 Å². The monoisotopic (exact) mass is 409 g/mol. The van der Waals surface area contributed by atoms with E-state index in [1.54, 1.807) is 4.90 Å². The summed E-state index contributed by atoms with van der Waals surface area (Å²) in [5.74, 6) is -3.69. The predicted octanol–water partition coefficient (Wildman–Crippen LogP) is 1.53. The summed E-state index contributed by atoms with van der Waals surface area (Å²) >= 11 is 0. The SMILES string of the molecule is Cc1cccc(C[NH+]2CCN(C(=O)c3ccc(S(=O)(=O)C(F)F)cc3)CC2)c1. The van der Waals surface area contributed by atoms with Crippen LogP contribution in [0, 0.1) is 6.92 Å². The number of carbonyl (C=O) groups excluding carboxylic acids is 1. The van der Waals surface area contributed by atoms with Gasteiger partial charge in [-0.25, -0.2) is 8.42 Å². The van der Waals surface area contributed by atoms with Gasteiger partial charge in [-0.2, -0.15) is 8.78 Å². The maximum atomic E-state index is 12.6. The van der Waals surface area contributed by atoms with E-state index >= 15 is 0 Å². The molecule has 2 aromatic carbocycles. The summed E-state index contributed by atoms with van der Waals surface area (Å²) in [5, 5.41) is 0. The van der Waals surface area contributed by atoms with Crippen LogP contribution in [0.2, 0.25) is 0 Å². The fraction of sp³-hybridized carbons (Fsp3) is 0.350. The number of halogens is 2. The molecule has 28 heavy (non-hydrogen) atoms. The molecule has 1 fully saturated rings. The minimum absolute atomic E-state index is 0.212. The molecular formula is C20H23F2N2O3S+. The van der Waals surface area contributed by atoms with Gasteiger partial charge in [0, 0.05) is 11.1 Å². The topological polar surface area (TPSA) is 58.9 Å². The number of hydrogen-bond acceptors (Lipinski definition) is 3. The molecule has 0 aliphatic carbocycles. The summed E-state index contributed by atoms with van der Waals surface area (Å²) in [5.41, 5.74) is 2.80. The second-order valence-electron chi connectivity index (χ2n) is 7.04. The van der Waals surface area contributed by atoms with Crippen LogP contribution in [0.15, 0.2) is 53.4 Å². The molecule has 0 unspecified atom stereocenters. The van der Waals surface area contributed by atoms with Crippen molar-refractivity contribution in [1.29, 1.82) is 0 Å². The maximum Gasteiger partial charge on any atom is 0.341 e. The van der Waals surface area contributed by atoms with Crippen LogP contribution in [-0.4, -0.2) is 51.2 Å². The highest BCUT2D eigenvalue weighted by Crippen LogP contribution is 2.19. The zero-order chi connectivity index (χ0) is 20.3. The van der Waals surface area contributed by atoms with Gasteiger partial charge in [0.25, 0.3) is 5.91 Å². The molecule has 8 heteroatoms. The van der Waals surface area contributed by atoms with Gasteiger partial charge in [-0.15, -0.1) is 0 Å². The van der Waals surface area contributed by atoms with Gasteiger partial charge in [0.15, 0.2) is 0 Å². The highest BCUT2D eigenvalue weighted by molar-refractivity contribution is 7.91. The summed E-state index contributed by atoms with van der Waals surface area (Å²) in [7, 11) is -4.65. The van der Waals surface area contributed by atoms with E-state index in [4.69, 9.17) is 0 Å². The number of quaternary nitrogens is 1. The fourth-order valence-electron chi connectivity index (χ4n) is 3.39. The van der Waals surface area contributed by atoms with Crippen molar-refractivity contribution < 1.29 is 26.9 Å². The maximum absolute atomic E-state index is 12.6. The van der Waals surface area contributed by atoms with Crippen molar-refractivity contribution in [2.45, 2.75) is 24.1 Å². The molecule has 0 atom stereocenters. The number of alkyl halides is 2. The number of nitrogens with one attached hydrogen (secondary N) is 1. The van der Waals surface area contributed by atoms with Crippen LogP contribution in [0.4, 0.5) is 8.78 Å². The van der Waals surface area contributed by atoms with Crippen LogP contribution >= 0.6 is 0 Å². The Morgan fingerprint density at radius 1 is 1.11 bits per heavy atom. The van der Waals surface area contributed by atoms with Gasteiger partial charge in [0.05, 0.1) is 31.1 Å². The molecule has 1 saturated heterocycles. The van der Waals surface area contributed by atoms with Crippen LogP contribution in [-0.2, 0) is 16.4 Å². The zero-order valence-electron chi connectivity index (χ0n) is 15.6. The lowest BCUT2D eigenvalue weighted by Crippen LogP contribution is -3.13. The van der Waals surface area contributed by atoms with E-state index < -0.39 is 20.5 Å². The van der Waals surface area contributed by atoms with Crippen molar-refractivity contribution in [3.63, 3.8) is 0 Å². The van der Waals surface area contributed by atoms with E-state index in [0.717, 1.165) is 31.8 Å². The molecule has 0 spiro atoms. The first-order chi connectivity index (χ1) is 13.3. The van der Waals surface area contributed by atoms with Crippen molar-refractivity contribution in [3.8, 4) is 0 Å². The van der Waals surface area contributed by atoms with Gasteiger partial charge in [-0.3, -0.25) is 4.79 Å². The average molecular weight is 409 g/mol. The van der Waals surface area contributed by atoms with Crippen molar-refractivity contribution in [3.05, 3.63) is 65.2 Å². The number of benzene rings is 2. The Morgan fingerprint density at radius 2 is 1.75 bits per heavy atom. The third-order valence-electron chi connectivity index (χ3n) is 4.96. The van der Waals surface area contributed by atoms with Crippen LogP contribution in [0.1, 0.15) is 21.5 Å². The number of amides is 1. The first-order valence-corrected chi connectivity index (χ1v) is 10.6. The van der Waals surface area contributed by atoms with E-state index in [1.165, 1.54) is 28.2 Å². The Kier molecular flexibility index (Phi) is 6.10. The number of rotatable bonds is 5. The normalized spacial score (nSPS) is 15.8. The number of hydrogen-bond donors (Lipinski definition) is 1. The van der Waals surface area contributed by atoms with Gasteiger partial charge in [0.1, 0.15) is 6.54 Å². The fourth-order valence-corrected chi connectivity index (χ4v) is 4.11. The summed E-state index contributed by atoms with van der Waals surface area (Å²) in [6.45, 7) is 5.79. The Bertz CT molecular complexity index is 938. The quantitative estimate of drug-likeness (QED) is 0.815. The number of nitrogens with zero attached hydrogens (tertiary/aromatic N) is 1. The summed E-state index contributed by atoms with van der Waals surface area (Å²) in [6.07, 6.45) is 0. The van der Waals surface area contributed by atoms with E-state index in [0.29, 0.717) is 18.7 Å². The Morgan fingerprint density at radius 3 is 2.32 bits per heavy atom. The van der Waals surface area contributed by atoms with Crippen molar-refractivity contribution in [1.82, 2.24) is 4.90 Å². The van der Waals surface area contributed by atoms with E-state index in [2.05, 4.69) is 25.1 Å². The number of carbonyl (C=O) groups is 1. The van der Waals surface area contributed by atoms with Crippen LogP contribution in [0.3, 0.4) is 0 Å².